The molecule has 0 bridgehead atoms. The third-order valence-corrected chi connectivity index (χ3v) is 4.73. The average molecular weight is 361 g/mol. The Morgan fingerprint density at radius 1 is 1.23 bits per heavy atom. The molecule has 8 heteroatoms. The van der Waals surface area contributed by atoms with Crippen molar-refractivity contribution in [1.29, 1.82) is 0 Å². The number of rotatable bonds is 5. The summed E-state index contributed by atoms with van der Waals surface area (Å²) in [6.07, 6.45) is 0.0672. The van der Waals surface area contributed by atoms with E-state index in [1.807, 2.05) is 0 Å². The molecule has 26 heavy (non-hydrogen) atoms. The summed E-state index contributed by atoms with van der Waals surface area (Å²) in [5.41, 5.74) is 0.510. The van der Waals surface area contributed by atoms with Gasteiger partial charge in [-0.2, -0.15) is 0 Å². The van der Waals surface area contributed by atoms with Crippen LogP contribution in [0.25, 0.3) is 0 Å². The van der Waals surface area contributed by atoms with Gasteiger partial charge in [-0.3, -0.25) is 19.3 Å². The van der Waals surface area contributed by atoms with Crippen molar-refractivity contribution in [2.75, 3.05) is 51.9 Å². The van der Waals surface area contributed by atoms with Crippen LogP contribution in [0.2, 0.25) is 0 Å². The molecule has 2 aliphatic rings. The lowest BCUT2D eigenvalue weighted by atomic mass is 10.2. The monoisotopic (exact) mass is 361 g/mol. The third kappa shape index (κ3) is 3.71. The zero-order valence-corrected chi connectivity index (χ0v) is 15.0. The Morgan fingerprint density at radius 2 is 1.88 bits per heavy atom. The van der Waals surface area contributed by atoms with Crippen molar-refractivity contribution in [3.63, 3.8) is 0 Å². The molecule has 0 radical (unpaired) electrons. The minimum Gasteiger partial charge on any atom is -0.497 e. The van der Waals surface area contributed by atoms with Crippen molar-refractivity contribution in [3.05, 3.63) is 24.3 Å². The number of hydrogen-bond donors (Lipinski definition) is 0. The van der Waals surface area contributed by atoms with E-state index in [1.54, 1.807) is 48.2 Å². The predicted octanol–water partition coefficient (Wildman–Crippen LogP) is 0.118. The highest BCUT2D eigenvalue weighted by atomic mass is 16.5. The van der Waals surface area contributed by atoms with E-state index in [-0.39, 0.29) is 30.7 Å². The summed E-state index contributed by atoms with van der Waals surface area (Å²) in [6, 6.07) is 6.13. The molecular formula is C18H23N3O5. The van der Waals surface area contributed by atoms with Crippen molar-refractivity contribution < 1.29 is 23.9 Å². The van der Waals surface area contributed by atoms with E-state index >= 15 is 0 Å². The number of ether oxygens (including phenoxy) is 2. The van der Waals surface area contributed by atoms with Gasteiger partial charge in [-0.05, 0) is 31.3 Å². The van der Waals surface area contributed by atoms with Crippen LogP contribution in [-0.4, -0.2) is 80.6 Å². The fraction of sp³-hybridized carbons (Fsp3) is 0.500. The summed E-state index contributed by atoms with van der Waals surface area (Å²) in [4.78, 5) is 42.1. The first-order chi connectivity index (χ1) is 12.5. The van der Waals surface area contributed by atoms with Crippen LogP contribution in [0.5, 0.6) is 5.75 Å². The van der Waals surface area contributed by atoms with Gasteiger partial charge in [-0.25, -0.2) is 4.90 Å². The number of carbonyl (C=O) groups excluding carboxylic acids is 3. The standard InChI is InChI=1S/C18H23N3O5/c1-19(12-17(23)20-7-9-26-10-8-20)15-11-16(22)21(18(15)24)13-3-5-14(25-2)6-4-13/h3-6,15H,7-12H2,1-2H3. The molecule has 0 N–H and O–H groups in total. The van der Waals surface area contributed by atoms with Gasteiger partial charge < -0.3 is 14.4 Å². The number of likely N-dealkylation sites (N-methyl/N-ethyl adjacent to an activating group) is 1. The van der Waals surface area contributed by atoms with Gasteiger partial charge in [-0.15, -0.1) is 0 Å². The van der Waals surface area contributed by atoms with Crippen molar-refractivity contribution in [2.24, 2.45) is 0 Å². The van der Waals surface area contributed by atoms with E-state index < -0.39 is 6.04 Å². The van der Waals surface area contributed by atoms with Crippen LogP contribution in [0, 0.1) is 0 Å². The fourth-order valence-electron chi connectivity index (χ4n) is 3.20. The zero-order chi connectivity index (χ0) is 18.7. The lowest BCUT2D eigenvalue weighted by molar-refractivity contribution is -0.137. The number of hydrogen-bond acceptors (Lipinski definition) is 6. The lowest BCUT2D eigenvalue weighted by Gasteiger charge is -2.30. The van der Waals surface area contributed by atoms with E-state index in [0.717, 1.165) is 0 Å². The Morgan fingerprint density at radius 3 is 2.50 bits per heavy atom. The first kappa shape index (κ1) is 18.3. The maximum Gasteiger partial charge on any atom is 0.251 e. The average Bonchev–Trinajstić information content (AvgIpc) is 2.97. The largest absolute Gasteiger partial charge is 0.497 e. The highest BCUT2D eigenvalue weighted by molar-refractivity contribution is 6.22. The summed E-state index contributed by atoms with van der Waals surface area (Å²) in [7, 11) is 3.25. The first-order valence-electron chi connectivity index (χ1n) is 8.58. The maximum atomic E-state index is 12.8. The van der Waals surface area contributed by atoms with Gasteiger partial charge in [0, 0.05) is 13.1 Å². The molecule has 3 rings (SSSR count). The third-order valence-electron chi connectivity index (χ3n) is 4.73. The molecule has 8 nitrogen and oxygen atoms in total. The number of benzene rings is 1. The number of nitrogens with zero attached hydrogens (tertiary/aromatic N) is 3. The minimum absolute atomic E-state index is 0.0565. The van der Waals surface area contributed by atoms with Gasteiger partial charge in [0.25, 0.3) is 5.91 Å². The molecule has 2 fully saturated rings. The summed E-state index contributed by atoms with van der Waals surface area (Å²) < 4.78 is 10.3. The Balaban J connectivity index is 1.66. The molecule has 0 spiro atoms. The molecule has 2 saturated heterocycles. The molecule has 1 aromatic rings. The van der Waals surface area contributed by atoms with Crippen molar-refractivity contribution >= 4 is 23.4 Å². The second kappa shape index (κ2) is 7.84. The molecule has 0 saturated carbocycles. The van der Waals surface area contributed by atoms with Crippen molar-refractivity contribution in [2.45, 2.75) is 12.5 Å². The summed E-state index contributed by atoms with van der Waals surface area (Å²) in [5.74, 6) is 0.0184. The van der Waals surface area contributed by atoms with E-state index in [2.05, 4.69) is 0 Å². The van der Waals surface area contributed by atoms with E-state index in [0.29, 0.717) is 37.7 Å². The maximum absolute atomic E-state index is 12.8. The number of methoxy groups -OCH3 is 1. The number of carbonyl (C=O) groups is 3. The normalized spacial score (nSPS) is 20.8. The van der Waals surface area contributed by atoms with Crippen LogP contribution in [0.1, 0.15) is 6.42 Å². The van der Waals surface area contributed by atoms with Gasteiger partial charge in [-0.1, -0.05) is 0 Å². The van der Waals surface area contributed by atoms with Gasteiger partial charge in [0.05, 0.1) is 45.0 Å². The molecule has 1 atom stereocenters. The Bertz CT molecular complexity index is 685. The molecule has 0 aromatic heterocycles. The van der Waals surface area contributed by atoms with Gasteiger partial charge >= 0.3 is 0 Å². The van der Waals surface area contributed by atoms with Crippen LogP contribution in [0.3, 0.4) is 0 Å². The molecule has 2 aliphatic heterocycles. The second-order valence-corrected chi connectivity index (χ2v) is 6.39. The van der Waals surface area contributed by atoms with Crippen LogP contribution in [0.15, 0.2) is 24.3 Å². The molecule has 0 aliphatic carbocycles. The fourth-order valence-corrected chi connectivity index (χ4v) is 3.20. The Kier molecular flexibility index (Phi) is 5.53. The SMILES string of the molecule is COc1ccc(N2C(=O)CC(N(C)CC(=O)N3CCOCC3)C2=O)cc1. The van der Waals surface area contributed by atoms with Gasteiger partial charge in [0.15, 0.2) is 0 Å². The molecule has 1 unspecified atom stereocenters. The zero-order valence-electron chi connectivity index (χ0n) is 15.0. The summed E-state index contributed by atoms with van der Waals surface area (Å²) >= 11 is 0. The van der Waals surface area contributed by atoms with Crippen molar-refractivity contribution in [1.82, 2.24) is 9.80 Å². The molecule has 3 amide bonds. The Labute approximate surface area is 152 Å². The predicted molar refractivity (Wildman–Crippen MR) is 93.9 cm³/mol. The quantitative estimate of drug-likeness (QED) is 0.693. The van der Waals surface area contributed by atoms with Crippen molar-refractivity contribution in [3.8, 4) is 5.75 Å². The molecule has 1 aromatic carbocycles. The van der Waals surface area contributed by atoms with Crippen LogP contribution < -0.4 is 9.64 Å². The highest BCUT2D eigenvalue weighted by Gasteiger charge is 2.42. The lowest BCUT2D eigenvalue weighted by Crippen LogP contribution is -2.48. The summed E-state index contributed by atoms with van der Waals surface area (Å²) in [5, 5.41) is 0. The topological polar surface area (TPSA) is 79.4 Å². The summed E-state index contributed by atoms with van der Waals surface area (Å²) in [6.45, 7) is 2.27. The molecule has 2 heterocycles. The highest BCUT2D eigenvalue weighted by Crippen LogP contribution is 2.26. The van der Waals surface area contributed by atoms with Crippen LogP contribution in [0.4, 0.5) is 5.69 Å². The van der Waals surface area contributed by atoms with Gasteiger partial charge in [0.1, 0.15) is 5.75 Å². The first-order valence-corrected chi connectivity index (χ1v) is 8.58. The number of anilines is 1. The van der Waals surface area contributed by atoms with E-state index in [9.17, 15) is 14.4 Å². The second-order valence-electron chi connectivity index (χ2n) is 6.39. The smallest absolute Gasteiger partial charge is 0.251 e. The van der Waals surface area contributed by atoms with E-state index in [1.165, 1.54) is 4.90 Å². The number of amides is 3. The minimum atomic E-state index is -0.630. The number of imide groups is 1. The number of morpholine rings is 1. The van der Waals surface area contributed by atoms with E-state index in [4.69, 9.17) is 9.47 Å². The molecule has 140 valence electrons. The molecular weight excluding hydrogens is 338 g/mol. The Hall–Kier alpha value is -2.45. The van der Waals surface area contributed by atoms with Gasteiger partial charge in [0.2, 0.25) is 11.8 Å². The van der Waals surface area contributed by atoms with Crippen LogP contribution in [-0.2, 0) is 19.1 Å². The van der Waals surface area contributed by atoms with Crippen LogP contribution >= 0.6 is 0 Å².